The van der Waals surface area contributed by atoms with Crippen molar-refractivity contribution in [3.63, 3.8) is 0 Å². The van der Waals surface area contributed by atoms with Crippen molar-refractivity contribution in [2.45, 2.75) is 6.92 Å². The minimum atomic E-state index is 0.200. The zero-order chi connectivity index (χ0) is 11.8. The molecule has 3 heteroatoms. The van der Waals surface area contributed by atoms with Gasteiger partial charge >= 0.3 is 0 Å². The molecule has 0 unspecified atom stereocenters. The topological polar surface area (TPSA) is 46.3 Å². The molecule has 3 aromatic rings. The number of aromatic nitrogens is 1. The summed E-state index contributed by atoms with van der Waals surface area (Å²) in [6.45, 7) is 2.01. The summed E-state index contributed by atoms with van der Waals surface area (Å²) in [6.07, 6.45) is 0. The molecule has 0 aliphatic carbocycles. The number of para-hydroxylation sites is 1. The minimum Gasteiger partial charge on any atom is -0.507 e. The molecule has 1 N–H and O–H groups in total. The highest BCUT2D eigenvalue weighted by molar-refractivity contribution is 5.93. The fourth-order valence-corrected chi connectivity index (χ4v) is 1.91. The second kappa shape index (κ2) is 3.63. The molecule has 3 nitrogen and oxygen atoms in total. The zero-order valence-corrected chi connectivity index (χ0v) is 9.34. The quantitative estimate of drug-likeness (QED) is 0.689. The molecule has 0 aliphatic rings. The number of benzene rings is 2. The van der Waals surface area contributed by atoms with E-state index in [0.717, 1.165) is 16.5 Å². The Bertz CT molecular complexity index is 686. The Morgan fingerprint density at radius 3 is 2.76 bits per heavy atom. The summed E-state index contributed by atoms with van der Waals surface area (Å²) in [5.74, 6) is 0.809. The van der Waals surface area contributed by atoms with Gasteiger partial charge in [0.1, 0.15) is 11.3 Å². The average molecular weight is 225 g/mol. The fourth-order valence-electron chi connectivity index (χ4n) is 1.91. The molecule has 1 heterocycles. The van der Waals surface area contributed by atoms with Gasteiger partial charge < -0.3 is 9.63 Å². The van der Waals surface area contributed by atoms with E-state index in [1.54, 1.807) is 12.1 Å². The first-order valence-corrected chi connectivity index (χ1v) is 5.40. The van der Waals surface area contributed by atoms with Crippen LogP contribution in [0.3, 0.4) is 0 Å². The van der Waals surface area contributed by atoms with Crippen molar-refractivity contribution >= 4 is 10.9 Å². The van der Waals surface area contributed by atoms with Gasteiger partial charge in [-0.3, -0.25) is 0 Å². The van der Waals surface area contributed by atoms with Crippen molar-refractivity contribution in [3.05, 3.63) is 48.0 Å². The third-order valence-corrected chi connectivity index (χ3v) is 2.78. The van der Waals surface area contributed by atoms with E-state index in [2.05, 4.69) is 5.16 Å². The number of nitrogens with zero attached hydrogens (tertiary/aromatic N) is 1. The third kappa shape index (κ3) is 1.56. The monoisotopic (exact) mass is 225 g/mol. The molecule has 0 radical (unpaired) electrons. The van der Waals surface area contributed by atoms with Gasteiger partial charge in [-0.2, -0.15) is 0 Å². The molecule has 0 spiro atoms. The van der Waals surface area contributed by atoms with Gasteiger partial charge in [0.05, 0.1) is 5.56 Å². The zero-order valence-electron chi connectivity index (χ0n) is 9.34. The third-order valence-electron chi connectivity index (χ3n) is 2.78. The number of phenols is 1. The van der Waals surface area contributed by atoms with E-state index >= 15 is 0 Å². The SMILES string of the molecule is Cc1ccc2c(-c3ccccc3O)onc2c1. The predicted molar refractivity (Wildman–Crippen MR) is 65.8 cm³/mol. The maximum absolute atomic E-state index is 9.81. The average Bonchev–Trinajstić information content (AvgIpc) is 2.72. The van der Waals surface area contributed by atoms with Crippen molar-refractivity contribution in [1.82, 2.24) is 5.16 Å². The molecular formula is C14H11NO2. The van der Waals surface area contributed by atoms with E-state index < -0.39 is 0 Å². The minimum absolute atomic E-state index is 0.200. The van der Waals surface area contributed by atoms with Crippen LogP contribution < -0.4 is 0 Å². The largest absolute Gasteiger partial charge is 0.507 e. The van der Waals surface area contributed by atoms with Crippen molar-refractivity contribution in [3.8, 4) is 17.1 Å². The normalized spacial score (nSPS) is 10.9. The van der Waals surface area contributed by atoms with E-state index in [-0.39, 0.29) is 5.75 Å². The predicted octanol–water partition coefficient (Wildman–Crippen LogP) is 3.51. The van der Waals surface area contributed by atoms with Crippen LogP contribution >= 0.6 is 0 Å². The number of rotatable bonds is 1. The summed E-state index contributed by atoms with van der Waals surface area (Å²) in [4.78, 5) is 0. The molecule has 1 aromatic heterocycles. The van der Waals surface area contributed by atoms with Crippen molar-refractivity contribution in [1.29, 1.82) is 0 Å². The van der Waals surface area contributed by atoms with Crippen LogP contribution in [0.5, 0.6) is 5.75 Å². The highest BCUT2D eigenvalue weighted by Gasteiger charge is 2.13. The molecule has 0 fully saturated rings. The number of aromatic hydroxyl groups is 1. The van der Waals surface area contributed by atoms with E-state index in [4.69, 9.17) is 4.52 Å². The van der Waals surface area contributed by atoms with Crippen molar-refractivity contribution in [2.75, 3.05) is 0 Å². The van der Waals surface area contributed by atoms with Gasteiger partial charge in [0.15, 0.2) is 5.76 Å². The molecule has 0 saturated carbocycles. The van der Waals surface area contributed by atoms with Gasteiger partial charge in [0, 0.05) is 5.39 Å². The Hall–Kier alpha value is -2.29. The molecule has 2 aromatic carbocycles. The van der Waals surface area contributed by atoms with Gasteiger partial charge in [0.2, 0.25) is 0 Å². The number of hydrogen-bond acceptors (Lipinski definition) is 3. The lowest BCUT2D eigenvalue weighted by molar-refractivity contribution is 0.433. The fraction of sp³-hybridized carbons (Fsp3) is 0.0714. The maximum Gasteiger partial charge on any atom is 0.178 e. The van der Waals surface area contributed by atoms with Crippen molar-refractivity contribution in [2.24, 2.45) is 0 Å². The van der Waals surface area contributed by atoms with Crippen molar-refractivity contribution < 1.29 is 9.63 Å². The Morgan fingerprint density at radius 1 is 1.12 bits per heavy atom. The highest BCUT2D eigenvalue weighted by Crippen LogP contribution is 2.34. The van der Waals surface area contributed by atoms with Crippen LogP contribution in [-0.4, -0.2) is 10.3 Å². The second-order valence-corrected chi connectivity index (χ2v) is 4.05. The van der Waals surface area contributed by atoms with Crippen LogP contribution in [0, 0.1) is 6.92 Å². The molecule has 17 heavy (non-hydrogen) atoms. The first-order valence-electron chi connectivity index (χ1n) is 5.40. The van der Waals surface area contributed by atoms with Gasteiger partial charge in [-0.05, 0) is 36.8 Å². The molecule has 0 aliphatic heterocycles. The lowest BCUT2D eigenvalue weighted by Crippen LogP contribution is -1.77. The Morgan fingerprint density at radius 2 is 1.94 bits per heavy atom. The van der Waals surface area contributed by atoms with Crippen LogP contribution in [0.2, 0.25) is 0 Å². The van der Waals surface area contributed by atoms with E-state index in [1.165, 1.54) is 0 Å². The standard InChI is InChI=1S/C14H11NO2/c1-9-6-7-10-12(8-9)15-17-14(10)11-4-2-3-5-13(11)16/h2-8,16H,1H3. The van der Waals surface area contributed by atoms with E-state index in [1.807, 2.05) is 37.3 Å². The number of aryl methyl sites for hydroxylation is 1. The van der Waals surface area contributed by atoms with Gasteiger partial charge in [0.25, 0.3) is 0 Å². The molecular weight excluding hydrogens is 214 g/mol. The van der Waals surface area contributed by atoms with E-state index in [9.17, 15) is 5.11 Å². The molecule has 0 amide bonds. The lowest BCUT2D eigenvalue weighted by atomic mass is 10.1. The van der Waals surface area contributed by atoms with Gasteiger partial charge in [-0.1, -0.05) is 23.4 Å². The molecule has 84 valence electrons. The van der Waals surface area contributed by atoms with Crippen LogP contribution in [0.4, 0.5) is 0 Å². The smallest absolute Gasteiger partial charge is 0.178 e. The summed E-state index contributed by atoms with van der Waals surface area (Å²) in [5, 5.41) is 14.7. The first kappa shape index (κ1) is 9.90. The van der Waals surface area contributed by atoms with Crippen LogP contribution in [0.1, 0.15) is 5.56 Å². The lowest BCUT2D eigenvalue weighted by Gasteiger charge is -1.99. The number of hydrogen-bond donors (Lipinski definition) is 1. The summed E-state index contributed by atoms with van der Waals surface area (Å²) in [6, 6.07) is 13.0. The molecule has 3 rings (SSSR count). The Kier molecular flexibility index (Phi) is 2.11. The summed E-state index contributed by atoms with van der Waals surface area (Å²) in [5.41, 5.74) is 2.61. The molecule has 0 saturated heterocycles. The van der Waals surface area contributed by atoms with Crippen LogP contribution in [0.15, 0.2) is 47.0 Å². The van der Waals surface area contributed by atoms with E-state index in [0.29, 0.717) is 11.3 Å². The summed E-state index contributed by atoms with van der Waals surface area (Å²) < 4.78 is 5.33. The van der Waals surface area contributed by atoms with Crippen LogP contribution in [-0.2, 0) is 0 Å². The highest BCUT2D eigenvalue weighted by atomic mass is 16.5. The summed E-state index contributed by atoms with van der Waals surface area (Å²) >= 11 is 0. The van der Waals surface area contributed by atoms with Crippen LogP contribution in [0.25, 0.3) is 22.2 Å². The maximum atomic E-state index is 9.81. The number of phenolic OH excluding ortho intramolecular Hbond substituents is 1. The van der Waals surface area contributed by atoms with Gasteiger partial charge in [-0.15, -0.1) is 0 Å². The first-order chi connectivity index (χ1) is 8.25. The Labute approximate surface area is 98.3 Å². The second-order valence-electron chi connectivity index (χ2n) is 4.05. The number of fused-ring (bicyclic) bond motifs is 1. The summed E-state index contributed by atoms with van der Waals surface area (Å²) in [7, 11) is 0. The molecule has 0 atom stereocenters. The molecule has 0 bridgehead atoms. The van der Waals surface area contributed by atoms with Gasteiger partial charge in [-0.25, -0.2) is 0 Å². The Balaban J connectivity index is 2.29.